The molecule has 7 heteroatoms. The number of nitrogens with one attached hydrogen (secondary N) is 2. The van der Waals surface area contributed by atoms with E-state index in [1.54, 1.807) is 13.0 Å². The van der Waals surface area contributed by atoms with Crippen LogP contribution in [0.5, 0.6) is 0 Å². The van der Waals surface area contributed by atoms with Crippen LogP contribution in [0.25, 0.3) is 5.65 Å². The molecule has 2 aromatic rings. The first-order valence-corrected chi connectivity index (χ1v) is 5.57. The molecular formula is C10H16N6O. The lowest BCUT2D eigenvalue weighted by Gasteiger charge is -2.15. The van der Waals surface area contributed by atoms with E-state index in [0.717, 1.165) is 6.42 Å². The number of hydrogen-bond acceptors (Lipinski definition) is 5. The molecule has 0 saturated carbocycles. The van der Waals surface area contributed by atoms with Crippen LogP contribution in [0.4, 0.5) is 5.82 Å². The minimum absolute atomic E-state index is 0.176. The number of nitrogens with zero attached hydrogens (tertiary/aromatic N) is 3. The number of fused-ring (bicyclic) bond motifs is 1. The first-order valence-electron chi connectivity index (χ1n) is 5.57. The lowest BCUT2D eigenvalue weighted by atomic mass is 10.2. The molecule has 0 saturated heterocycles. The third-order valence-corrected chi connectivity index (χ3v) is 2.70. The molecule has 0 radical (unpaired) electrons. The van der Waals surface area contributed by atoms with Crippen LogP contribution in [0.1, 0.15) is 19.2 Å². The third-order valence-electron chi connectivity index (χ3n) is 2.70. The van der Waals surface area contributed by atoms with Crippen molar-refractivity contribution in [3.05, 3.63) is 22.4 Å². The van der Waals surface area contributed by atoms with E-state index in [1.807, 2.05) is 0 Å². The molecule has 2 aromatic heterocycles. The van der Waals surface area contributed by atoms with Crippen LogP contribution in [0.15, 0.2) is 10.9 Å². The molecule has 0 aliphatic carbocycles. The van der Waals surface area contributed by atoms with Crippen LogP contribution in [-0.4, -0.2) is 32.2 Å². The van der Waals surface area contributed by atoms with Crippen LogP contribution >= 0.6 is 0 Å². The fourth-order valence-corrected chi connectivity index (χ4v) is 1.71. The van der Waals surface area contributed by atoms with Crippen molar-refractivity contribution in [2.24, 2.45) is 5.73 Å². The average molecular weight is 236 g/mol. The van der Waals surface area contributed by atoms with Gasteiger partial charge in [0.05, 0.1) is 0 Å². The quantitative estimate of drug-likeness (QED) is 0.686. The summed E-state index contributed by atoms with van der Waals surface area (Å²) in [6, 6.07) is 1.90. The molecular weight excluding hydrogens is 220 g/mol. The Bertz CT molecular complexity index is 568. The second kappa shape index (κ2) is 4.54. The van der Waals surface area contributed by atoms with Gasteiger partial charge in [-0.05, 0) is 13.3 Å². The molecule has 4 N–H and O–H groups in total. The first-order chi connectivity index (χ1) is 8.15. The van der Waals surface area contributed by atoms with Gasteiger partial charge in [0.25, 0.3) is 0 Å². The van der Waals surface area contributed by atoms with E-state index in [2.05, 4.69) is 27.4 Å². The van der Waals surface area contributed by atoms with Crippen molar-refractivity contribution in [3.8, 4) is 0 Å². The number of aromatic nitrogens is 4. The normalized spacial score (nSPS) is 12.9. The monoisotopic (exact) mass is 236 g/mol. The molecule has 2 rings (SSSR count). The van der Waals surface area contributed by atoms with Gasteiger partial charge in [-0.25, -0.2) is 19.3 Å². The van der Waals surface area contributed by atoms with Crippen LogP contribution in [0.2, 0.25) is 0 Å². The van der Waals surface area contributed by atoms with E-state index in [0.29, 0.717) is 23.8 Å². The summed E-state index contributed by atoms with van der Waals surface area (Å²) in [5.74, 6) is 1.28. The summed E-state index contributed by atoms with van der Waals surface area (Å²) in [7, 11) is 0. The van der Waals surface area contributed by atoms with E-state index in [9.17, 15) is 4.79 Å². The van der Waals surface area contributed by atoms with Crippen molar-refractivity contribution in [3.63, 3.8) is 0 Å². The number of H-pyrrole nitrogens is 1. The molecule has 0 fully saturated rings. The summed E-state index contributed by atoms with van der Waals surface area (Å²) >= 11 is 0. The molecule has 0 aliphatic heterocycles. The van der Waals surface area contributed by atoms with Gasteiger partial charge in [0.1, 0.15) is 11.6 Å². The van der Waals surface area contributed by atoms with Crippen LogP contribution in [-0.2, 0) is 0 Å². The smallest absolute Gasteiger partial charge is 0.349 e. The first kappa shape index (κ1) is 11.6. The summed E-state index contributed by atoms with van der Waals surface area (Å²) in [6.45, 7) is 4.35. The van der Waals surface area contributed by atoms with Gasteiger partial charge in [-0.3, -0.25) is 0 Å². The maximum Gasteiger partial charge on any atom is 0.349 e. The summed E-state index contributed by atoms with van der Waals surface area (Å²) in [5.41, 5.74) is 5.90. The number of nitrogens with two attached hydrogens (primary N) is 1. The zero-order chi connectivity index (χ0) is 12.4. The van der Waals surface area contributed by atoms with E-state index < -0.39 is 0 Å². The van der Waals surface area contributed by atoms with Gasteiger partial charge >= 0.3 is 5.69 Å². The fraction of sp³-hybridized carbons (Fsp3) is 0.500. The maximum absolute atomic E-state index is 11.4. The van der Waals surface area contributed by atoms with Gasteiger partial charge in [0.15, 0.2) is 5.65 Å². The summed E-state index contributed by atoms with van der Waals surface area (Å²) in [6.07, 6.45) is 0.912. The van der Waals surface area contributed by atoms with E-state index in [-0.39, 0.29) is 11.7 Å². The largest absolute Gasteiger partial charge is 0.366 e. The Morgan fingerprint density at radius 2 is 2.41 bits per heavy atom. The molecule has 0 bridgehead atoms. The zero-order valence-electron chi connectivity index (χ0n) is 9.90. The van der Waals surface area contributed by atoms with Crippen molar-refractivity contribution >= 4 is 11.5 Å². The molecule has 7 nitrogen and oxygen atoms in total. The Balaban J connectivity index is 2.40. The SMILES string of the molecule is CCC(CN)Nc1cc2n[nH]c(=O)n2c(C)n1. The van der Waals surface area contributed by atoms with Crippen molar-refractivity contribution in [1.29, 1.82) is 0 Å². The lowest BCUT2D eigenvalue weighted by Crippen LogP contribution is -2.28. The lowest BCUT2D eigenvalue weighted by molar-refractivity contribution is 0.698. The Kier molecular flexibility index (Phi) is 3.10. The summed E-state index contributed by atoms with van der Waals surface area (Å²) in [4.78, 5) is 15.7. The Morgan fingerprint density at radius 1 is 1.65 bits per heavy atom. The van der Waals surface area contributed by atoms with Crippen molar-refractivity contribution in [1.82, 2.24) is 19.6 Å². The molecule has 1 atom stereocenters. The van der Waals surface area contributed by atoms with Crippen LogP contribution in [0, 0.1) is 6.92 Å². The molecule has 0 amide bonds. The van der Waals surface area contributed by atoms with Crippen molar-refractivity contribution in [2.75, 3.05) is 11.9 Å². The van der Waals surface area contributed by atoms with E-state index >= 15 is 0 Å². The van der Waals surface area contributed by atoms with Crippen LogP contribution in [0.3, 0.4) is 0 Å². The Morgan fingerprint density at radius 3 is 3.06 bits per heavy atom. The van der Waals surface area contributed by atoms with E-state index in [1.165, 1.54) is 4.40 Å². The number of hydrogen-bond donors (Lipinski definition) is 3. The molecule has 0 aliphatic rings. The minimum Gasteiger partial charge on any atom is -0.366 e. The molecule has 0 spiro atoms. The second-order valence-corrected chi connectivity index (χ2v) is 3.90. The highest BCUT2D eigenvalue weighted by Crippen LogP contribution is 2.09. The van der Waals surface area contributed by atoms with Gasteiger partial charge in [0, 0.05) is 18.7 Å². The van der Waals surface area contributed by atoms with E-state index in [4.69, 9.17) is 5.73 Å². The van der Waals surface area contributed by atoms with Gasteiger partial charge in [0.2, 0.25) is 0 Å². The highest BCUT2D eigenvalue weighted by Gasteiger charge is 2.09. The predicted molar refractivity (Wildman–Crippen MR) is 65.1 cm³/mol. The van der Waals surface area contributed by atoms with Crippen LogP contribution < -0.4 is 16.7 Å². The second-order valence-electron chi connectivity index (χ2n) is 3.90. The molecule has 17 heavy (non-hydrogen) atoms. The number of rotatable bonds is 4. The molecule has 2 heterocycles. The van der Waals surface area contributed by atoms with Gasteiger partial charge < -0.3 is 11.1 Å². The number of aryl methyl sites for hydroxylation is 1. The highest BCUT2D eigenvalue weighted by molar-refractivity contribution is 5.50. The standard InChI is InChI=1S/C10H16N6O/c1-3-7(5-11)13-8-4-9-14-15-10(17)16(9)6(2)12-8/h4,7,13H,3,5,11H2,1-2H3,(H,15,17). The zero-order valence-corrected chi connectivity index (χ0v) is 9.90. The topological polar surface area (TPSA) is 101 Å². The van der Waals surface area contributed by atoms with Gasteiger partial charge in [-0.2, -0.15) is 5.10 Å². The fourth-order valence-electron chi connectivity index (χ4n) is 1.71. The Labute approximate surface area is 98.1 Å². The summed E-state index contributed by atoms with van der Waals surface area (Å²) in [5, 5.41) is 9.52. The van der Waals surface area contributed by atoms with Crippen molar-refractivity contribution in [2.45, 2.75) is 26.3 Å². The molecule has 0 aromatic carbocycles. The predicted octanol–water partition coefficient (Wildman–Crippen LogP) is -0.125. The third kappa shape index (κ3) is 2.14. The average Bonchev–Trinajstić information content (AvgIpc) is 2.68. The summed E-state index contributed by atoms with van der Waals surface area (Å²) < 4.78 is 1.43. The number of aromatic amines is 1. The molecule has 1 unspecified atom stereocenters. The van der Waals surface area contributed by atoms with Gasteiger partial charge in [-0.15, -0.1) is 0 Å². The highest BCUT2D eigenvalue weighted by atomic mass is 16.1. The maximum atomic E-state index is 11.4. The number of anilines is 1. The van der Waals surface area contributed by atoms with Gasteiger partial charge in [-0.1, -0.05) is 6.92 Å². The minimum atomic E-state index is -0.276. The molecule has 92 valence electrons. The van der Waals surface area contributed by atoms with Crippen molar-refractivity contribution < 1.29 is 0 Å². The Hall–Kier alpha value is -1.89.